The van der Waals surface area contributed by atoms with Crippen LogP contribution in [0, 0.1) is 5.92 Å². The van der Waals surface area contributed by atoms with E-state index in [9.17, 15) is 0 Å². The van der Waals surface area contributed by atoms with Gasteiger partial charge < -0.3 is 0 Å². The van der Waals surface area contributed by atoms with E-state index < -0.39 is 0 Å². The van der Waals surface area contributed by atoms with Crippen LogP contribution in [0.3, 0.4) is 0 Å². The summed E-state index contributed by atoms with van der Waals surface area (Å²) in [5.41, 5.74) is 0. The first-order chi connectivity index (χ1) is 4.93. The lowest BCUT2D eigenvalue weighted by atomic mass is 9.90. The topological polar surface area (TPSA) is 18.5 Å². The number of hydrogen-bond acceptors (Lipinski definition) is 2. The van der Waals surface area contributed by atoms with Gasteiger partial charge in [0.2, 0.25) is 0 Å². The molecule has 0 N–H and O–H groups in total. The molecule has 60 valence electrons. The first kappa shape index (κ1) is 8.02. The third kappa shape index (κ3) is 2.67. The Balaban J connectivity index is 2.02. The number of rotatable bonds is 3. The van der Waals surface area contributed by atoms with Crippen molar-refractivity contribution >= 4 is 0 Å². The first-order valence-corrected chi connectivity index (χ1v) is 4.09. The summed E-state index contributed by atoms with van der Waals surface area (Å²) in [6, 6.07) is 0. The molecule has 1 aliphatic rings. The van der Waals surface area contributed by atoms with E-state index in [0.717, 1.165) is 12.5 Å². The fourth-order valence-corrected chi connectivity index (χ4v) is 1.52. The Morgan fingerprint density at radius 2 is 1.90 bits per heavy atom. The van der Waals surface area contributed by atoms with E-state index >= 15 is 0 Å². The molecule has 2 heteroatoms. The van der Waals surface area contributed by atoms with Crippen molar-refractivity contribution in [1.82, 2.24) is 0 Å². The van der Waals surface area contributed by atoms with E-state index in [1.807, 2.05) is 0 Å². The SMILES string of the molecule is COOCC1CCCCC1. The Labute approximate surface area is 62.4 Å². The van der Waals surface area contributed by atoms with Gasteiger partial charge in [-0.25, -0.2) is 9.78 Å². The van der Waals surface area contributed by atoms with Gasteiger partial charge in [-0.1, -0.05) is 19.3 Å². The van der Waals surface area contributed by atoms with E-state index in [1.54, 1.807) is 7.11 Å². The van der Waals surface area contributed by atoms with Crippen LogP contribution in [0.4, 0.5) is 0 Å². The van der Waals surface area contributed by atoms with Gasteiger partial charge in [0.15, 0.2) is 0 Å². The van der Waals surface area contributed by atoms with Crippen LogP contribution < -0.4 is 0 Å². The molecular formula is C8H16O2. The van der Waals surface area contributed by atoms with Crippen molar-refractivity contribution in [2.24, 2.45) is 5.92 Å². The first-order valence-electron chi connectivity index (χ1n) is 4.09. The summed E-state index contributed by atoms with van der Waals surface area (Å²) in [6.07, 6.45) is 6.80. The smallest absolute Gasteiger partial charge is 0.0850 e. The predicted molar refractivity (Wildman–Crippen MR) is 39.5 cm³/mol. The van der Waals surface area contributed by atoms with Gasteiger partial charge in [0, 0.05) is 0 Å². The molecule has 0 bridgehead atoms. The second-order valence-electron chi connectivity index (χ2n) is 2.96. The summed E-state index contributed by atoms with van der Waals surface area (Å²) in [5, 5.41) is 0. The quantitative estimate of drug-likeness (QED) is 0.446. The van der Waals surface area contributed by atoms with Crippen LogP contribution in [-0.2, 0) is 9.78 Å². The zero-order valence-electron chi connectivity index (χ0n) is 6.64. The maximum Gasteiger partial charge on any atom is 0.0850 e. The summed E-state index contributed by atoms with van der Waals surface area (Å²) in [4.78, 5) is 9.42. The predicted octanol–water partition coefficient (Wildman–Crippen LogP) is 2.14. The largest absolute Gasteiger partial charge is 0.240 e. The number of hydrogen-bond donors (Lipinski definition) is 0. The van der Waals surface area contributed by atoms with Gasteiger partial charge in [0.05, 0.1) is 13.7 Å². The van der Waals surface area contributed by atoms with Crippen molar-refractivity contribution in [3.05, 3.63) is 0 Å². The fraction of sp³-hybridized carbons (Fsp3) is 1.00. The molecule has 0 atom stereocenters. The molecule has 1 fully saturated rings. The molecule has 0 aromatic carbocycles. The summed E-state index contributed by atoms with van der Waals surface area (Å²) < 4.78 is 0. The van der Waals surface area contributed by atoms with Crippen molar-refractivity contribution in [1.29, 1.82) is 0 Å². The lowest BCUT2D eigenvalue weighted by Gasteiger charge is -2.19. The van der Waals surface area contributed by atoms with Crippen molar-refractivity contribution < 1.29 is 9.78 Å². The minimum Gasteiger partial charge on any atom is -0.240 e. The van der Waals surface area contributed by atoms with Gasteiger partial charge in [-0.2, -0.15) is 0 Å². The monoisotopic (exact) mass is 144 g/mol. The molecule has 1 aliphatic carbocycles. The minimum atomic E-state index is 0.758. The molecule has 1 rings (SSSR count). The average molecular weight is 144 g/mol. The van der Waals surface area contributed by atoms with E-state index in [1.165, 1.54) is 32.1 Å². The van der Waals surface area contributed by atoms with Gasteiger partial charge in [0.25, 0.3) is 0 Å². The minimum absolute atomic E-state index is 0.758. The van der Waals surface area contributed by atoms with Crippen LogP contribution in [0.5, 0.6) is 0 Å². The Morgan fingerprint density at radius 1 is 1.20 bits per heavy atom. The van der Waals surface area contributed by atoms with Crippen molar-refractivity contribution in [2.45, 2.75) is 32.1 Å². The van der Waals surface area contributed by atoms with Gasteiger partial charge in [-0.15, -0.1) is 0 Å². The highest BCUT2D eigenvalue weighted by Gasteiger charge is 2.12. The summed E-state index contributed by atoms with van der Waals surface area (Å²) in [5.74, 6) is 0.758. The molecule has 0 unspecified atom stereocenters. The standard InChI is InChI=1S/C8H16O2/c1-9-10-7-8-5-3-2-4-6-8/h8H,2-7H2,1H3. The molecule has 0 amide bonds. The van der Waals surface area contributed by atoms with Gasteiger partial charge in [-0.05, 0) is 18.8 Å². The fourth-order valence-electron chi connectivity index (χ4n) is 1.52. The van der Waals surface area contributed by atoms with E-state index in [2.05, 4.69) is 4.89 Å². The van der Waals surface area contributed by atoms with Crippen molar-refractivity contribution in [2.75, 3.05) is 13.7 Å². The van der Waals surface area contributed by atoms with Crippen LogP contribution in [0.25, 0.3) is 0 Å². The van der Waals surface area contributed by atoms with E-state index in [0.29, 0.717) is 0 Å². The molecule has 0 aliphatic heterocycles. The van der Waals surface area contributed by atoms with E-state index in [-0.39, 0.29) is 0 Å². The Bertz CT molecular complexity index is 77.3. The molecule has 10 heavy (non-hydrogen) atoms. The lowest BCUT2D eigenvalue weighted by molar-refractivity contribution is -0.280. The molecule has 0 radical (unpaired) electrons. The van der Waals surface area contributed by atoms with Gasteiger partial charge in [-0.3, -0.25) is 0 Å². The summed E-state index contributed by atoms with van der Waals surface area (Å²) >= 11 is 0. The van der Waals surface area contributed by atoms with Gasteiger partial charge in [0.1, 0.15) is 0 Å². The average Bonchev–Trinajstić information content (AvgIpc) is 2.03. The molecule has 0 saturated heterocycles. The third-order valence-corrected chi connectivity index (χ3v) is 2.15. The molecule has 2 nitrogen and oxygen atoms in total. The zero-order chi connectivity index (χ0) is 7.23. The highest BCUT2D eigenvalue weighted by atomic mass is 17.2. The summed E-state index contributed by atoms with van der Waals surface area (Å²) in [6.45, 7) is 0.788. The highest BCUT2D eigenvalue weighted by Crippen LogP contribution is 2.23. The summed E-state index contributed by atoms with van der Waals surface area (Å²) in [7, 11) is 1.57. The molecule has 1 saturated carbocycles. The van der Waals surface area contributed by atoms with Gasteiger partial charge >= 0.3 is 0 Å². The van der Waals surface area contributed by atoms with Crippen molar-refractivity contribution in [3.8, 4) is 0 Å². The maximum atomic E-state index is 4.87. The Kier molecular flexibility index (Phi) is 3.76. The molecule has 0 heterocycles. The van der Waals surface area contributed by atoms with Crippen LogP contribution in [-0.4, -0.2) is 13.7 Å². The highest BCUT2D eigenvalue weighted by molar-refractivity contribution is 4.63. The normalized spacial score (nSPS) is 21.3. The molecule has 0 aromatic rings. The van der Waals surface area contributed by atoms with Crippen LogP contribution in [0.2, 0.25) is 0 Å². The van der Waals surface area contributed by atoms with E-state index in [4.69, 9.17) is 4.89 Å². The lowest BCUT2D eigenvalue weighted by Crippen LogP contribution is -2.12. The Morgan fingerprint density at radius 3 is 2.50 bits per heavy atom. The van der Waals surface area contributed by atoms with Crippen molar-refractivity contribution in [3.63, 3.8) is 0 Å². The second kappa shape index (κ2) is 4.69. The third-order valence-electron chi connectivity index (χ3n) is 2.15. The molecule has 0 aromatic heterocycles. The maximum absolute atomic E-state index is 4.87. The Hall–Kier alpha value is -0.0800. The second-order valence-corrected chi connectivity index (χ2v) is 2.96. The molecular weight excluding hydrogens is 128 g/mol. The van der Waals surface area contributed by atoms with Crippen LogP contribution in [0.15, 0.2) is 0 Å². The van der Waals surface area contributed by atoms with Crippen LogP contribution >= 0.6 is 0 Å². The molecule has 0 spiro atoms. The van der Waals surface area contributed by atoms with Crippen LogP contribution in [0.1, 0.15) is 32.1 Å². The zero-order valence-corrected chi connectivity index (χ0v) is 6.64.